The third-order valence-electron chi connectivity index (χ3n) is 10.5. The summed E-state index contributed by atoms with van der Waals surface area (Å²) in [5.74, 6) is 1.31. The lowest BCUT2D eigenvalue weighted by Crippen LogP contribution is -1.94. The van der Waals surface area contributed by atoms with Gasteiger partial charge in [-0.15, -0.1) is 0 Å². The highest BCUT2D eigenvalue weighted by atomic mass is 16.5. The number of rotatable bonds is 5. The van der Waals surface area contributed by atoms with E-state index in [1.807, 2.05) is 167 Å². The zero-order chi connectivity index (χ0) is 48.5. The largest absolute Gasteiger partial charge is 0.495 e. The predicted molar refractivity (Wildman–Crippen MR) is 285 cm³/mol. The second-order valence-electron chi connectivity index (χ2n) is 15.5. The van der Waals surface area contributed by atoms with E-state index < -0.39 is 0 Å². The Bertz CT molecular complexity index is 2660. The first-order valence-electron chi connectivity index (χ1n) is 20.9. The Morgan fingerprint density at radius 1 is 0.273 bits per heavy atom. The summed E-state index contributed by atoms with van der Waals surface area (Å²) in [6, 6.07) is 50.0. The van der Waals surface area contributed by atoms with Gasteiger partial charge in [-0.1, -0.05) is 54.6 Å². The minimum absolute atomic E-state index is 0.615. The van der Waals surface area contributed by atoms with Gasteiger partial charge in [-0.05, 0) is 186 Å². The molecule has 0 saturated carbocycles. The van der Waals surface area contributed by atoms with Crippen molar-refractivity contribution >= 4 is 56.9 Å². The average molecular weight is 885 g/mol. The molecule has 0 radical (unpaired) electrons. The number of hydrogen-bond acceptors (Lipinski definition) is 12. The van der Waals surface area contributed by atoms with Gasteiger partial charge in [0.2, 0.25) is 0 Å². The fourth-order valence-corrected chi connectivity index (χ4v) is 6.21. The molecule has 0 heterocycles. The Morgan fingerprint density at radius 2 is 0.561 bits per heavy atom. The molecule has 12 nitrogen and oxygen atoms in total. The summed E-state index contributed by atoms with van der Waals surface area (Å²) in [7, 11) is 3.19. The van der Waals surface area contributed by atoms with E-state index in [1.165, 1.54) is 11.1 Å². The van der Waals surface area contributed by atoms with Crippen LogP contribution in [0.5, 0.6) is 11.5 Å². The molecule has 66 heavy (non-hydrogen) atoms. The maximum atomic E-state index is 5.80. The Balaban J connectivity index is 0.000000185. The molecule has 8 rings (SSSR count). The molecule has 0 fully saturated rings. The number of anilines is 10. The van der Waals surface area contributed by atoms with E-state index in [-0.39, 0.29) is 0 Å². The van der Waals surface area contributed by atoms with Crippen LogP contribution in [0.25, 0.3) is 33.4 Å². The highest BCUT2D eigenvalue weighted by Crippen LogP contribution is 2.33. The van der Waals surface area contributed by atoms with Crippen LogP contribution in [0.3, 0.4) is 0 Å². The second kappa shape index (κ2) is 23.7. The summed E-state index contributed by atoms with van der Waals surface area (Å²) in [4.78, 5) is 0. The van der Waals surface area contributed by atoms with E-state index in [0.29, 0.717) is 22.9 Å². The first-order chi connectivity index (χ1) is 31.4. The van der Waals surface area contributed by atoms with Crippen molar-refractivity contribution in [2.24, 2.45) is 0 Å². The van der Waals surface area contributed by atoms with Gasteiger partial charge in [-0.2, -0.15) is 0 Å². The number of benzene rings is 8. The van der Waals surface area contributed by atoms with Crippen molar-refractivity contribution in [1.82, 2.24) is 0 Å². The van der Waals surface area contributed by atoms with Crippen LogP contribution in [0.2, 0.25) is 0 Å². The lowest BCUT2D eigenvalue weighted by molar-refractivity contribution is 0.416. The molecular formula is C54H64N10O2. The van der Waals surface area contributed by atoms with Gasteiger partial charge in [0.15, 0.2) is 0 Å². The second-order valence-corrected chi connectivity index (χ2v) is 15.5. The topological polar surface area (TPSA) is 279 Å². The summed E-state index contributed by atoms with van der Waals surface area (Å²) in [5, 5.41) is 0. The van der Waals surface area contributed by atoms with Crippen molar-refractivity contribution in [3.05, 3.63) is 180 Å². The van der Waals surface area contributed by atoms with Crippen molar-refractivity contribution in [3.63, 3.8) is 0 Å². The van der Waals surface area contributed by atoms with Crippen molar-refractivity contribution in [1.29, 1.82) is 0 Å². The van der Waals surface area contributed by atoms with Crippen LogP contribution in [0, 0.1) is 27.7 Å². The molecule has 8 aromatic rings. The molecule has 0 aromatic heterocycles. The van der Waals surface area contributed by atoms with Crippen LogP contribution in [-0.2, 0) is 0 Å². The number of ether oxygens (including phenoxy) is 2. The minimum atomic E-state index is 0.615. The van der Waals surface area contributed by atoms with Crippen LogP contribution in [-0.4, -0.2) is 14.2 Å². The molecule has 20 N–H and O–H groups in total. The monoisotopic (exact) mass is 885 g/mol. The highest BCUT2D eigenvalue weighted by Gasteiger charge is 2.07. The molecule has 342 valence electrons. The van der Waals surface area contributed by atoms with E-state index in [9.17, 15) is 0 Å². The number of hydrogen-bond donors (Lipinski definition) is 10. The summed E-state index contributed by atoms with van der Waals surface area (Å²) < 4.78 is 10.4. The molecule has 0 aliphatic rings. The highest BCUT2D eigenvalue weighted by molar-refractivity contribution is 5.74. The first kappa shape index (κ1) is 50.0. The quantitative estimate of drug-likeness (QED) is 0.0723. The van der Waals surface area contributed by atoms with E-state index in [2.05, 4.69) is 12.1 Å². The van der Waals surface area contributed by atoms with Gasteiger partial charge in [-0.3, -0.25) is 0 Å². The van der Waals surface area contributed by atoms with Crippen LogP contribution >= 0.6 is 0 Å². The van der Waals surface area contributed by atoms with Crippen molar-refractivity contribution in [3.8, 4) is 44.9 Å². The van der Waals surface area contributed by atoms with Gasteiger partial charge < -0.3 is 66.8 Å². The molecule has 0 aliphatic heterocycles. The maximum absolute atomic E-state index is 5.80. The lowest BCUT2D eigenvalue weighted by Gasteiger charge is -2.10. The van der Waals surface area contributed by atoms with E-state index >= 15 is 0 Å². The van der Waals surface area contributed by atoms with Crippen molar-refractivity contribution in [2.45, 2.75) is 27.7 Å². The molecule has 12 heteroatoms. The van der Waals surface area contributed by atoms with Crippen LogP contribution in [0.1, 0.15) is 22.3 Å². The summed E-state index contributed by atoms with van der Waals surface area (Å²) >= 11 is 0. The molecule has 0 atom stereocenters. The fraction of sp³-hybridized carbons (Fsp3) is 0.111. The standard InChI is InChI=1S/C14H16N2O2.C14H16N2.C12H12N2.2C7H10N2/c1-17-13-7-9(3-5-11(13)15)10-4-6-12(16)14(8-10)18-2;1-9-7-11(3-5-13(9)15)12-4-6-14(16)10(2)8-12;13-11-5-1-9(2-6-11)10-3-7-12(14)8-4-10;1-5-4-6(8)2-3-7(5)9;1-5-6(8)3-2-4-7(5)9/h3-8H,15-16H2,1-2H3;3-8H,15-16H2,1-2H3;1-8H,13-14H2;2*2-4H,8-9H2,1H3. The van der Waals surface area contributed by atoms with E-state index in [4.69, 9.17) is 66.8 Å². The Hall–Kier alpha value is -8.64. The van der Waals surface area contributed by atoms with Gasteiger partial charge in [0.1, 0.15) is 11.5 Å². The molecule has 0 spiro atoms. The van der Waals surface area contributed by atoms with Crippen LogP contribution in [0.15, 0.2) is 158 Å². The van der Waals surface area contributed by atoms with E-state index in [0.717, 1.165) is 90.0 Å². The lowest BCUT2D eigenvalue weighted by atomic mass is 10.0. The smallest absolute Gasteiger partial charge is 0.142 e. The third kappa shape index (κ3) is 14.5. The van der Waals surface area contributed by atoms with Crippen LogP contribution in [0.4, 0.5) is 56.9 Å². The number of nitrogen functional groups attached to an aromatic ring is 10. The Morgan fingerprint density at radius 3 is 0.864 bits per heavy atom. The average Bonchev–Trinajstić information content (AvgIpc) is 3.30. The SMILES string of the molecule is COc1cc(-c2ccc(N)c(OC)c2)ccc1N.Cc1c(N)cccc1N.Cc1cc(-c2ccc(N)c(C)c2)ccc1N.Cc1cc(N)ccc1N.Nc1ccc(-c2ccc(N)cc2)cc1. The molecule has 0 aliphatic carbocycles. The van der Waals surface area contributed by atoms with Crippen LogP contribution < -0.4 is 66.8 Å². The van der Waals surface area contributed by atoms with Crippen molar-refractivity contribution in [2.75, 3.05) is 71.6 Å². The van der Waals surface area contributed by atoms with Gasteiger partial charge in [0.25, 0.3) is 0 Å². The zero-order valence-electron chi connectivity index (χ0n) is 38.6. The van der Waals surface area contributed by atoms with Gasteiger partial charge >= 0.3 is 0 Å². The normalized spacial score (nSPS) is 9.97. The predicted octanol–water partition coefficient (Wildman–Crippen LogP) is 10.5. The molecule has 0 bridgehead atoms. The molecule has 0 amide bonds. The number of nitrogens with two attached hydrogens (primary N) is 10. The Labute approximate surface area is 389 Å². The van der Waals surface area contributed by atoms with Crippen molar-refractivity contribution < 1.29 is 9.47 Å². The third-order valence-corrected chi connectivity index (χ3v) is 10.5. The summed E-state index contributed by atoms with van der Waals surface area (Å²) in [6.07, 6.45) is 0. The Kier molecular flexibility index (Phi) is 18.0. The molecular weight excluding hydrogens is 821 g/mol. The summed E-state index contributed by atoms with van der Waals surface area (Å²) in [5.41, 5.74) is 74.9. The number of aryl methyl sites for hydroxylation is 3. The summed E-state index contributed by atoms with van der Waals surface area (Å²) in [6.45, 7) is 7.88. The first-order valence-corrected chi connectivity index (χ1v) is 20.9. The number of methoxy groups -OCH3 is 2. The maximum Gasteiger partial charge on any atom is 0.142 e. The van der Waals surface area contributed by atoms with Gasteiger partial charge in [0, 0.05) is 45.5 Å². The molecule has 0 unspecified atom stereocenters. The molecule has 8 aromatic carbocycles. The van der Waals surface area contributed by atoms with Gasteiger partial charge in [0.05, 0.1) is 25.6 Å². The zero-order valence-corrected chi connectivity index (χ0v) is 38.6. The molecule has 0 saturated heterocycles. The van der Waals surface area contributed by atoms with E-state index in [1.54, 1.807) is 20.3 Å². The fourth-order valence-electron chi connectivity index (χ4n) is 6.21. The minimum Gasteiger partial charge on any atom is -0.495 e. The van der Waals surface area contributed by atoms with Gasteiger partial charge in [-0.25, -0.2) is 0 Å².